The van der Waals surface area contributed by atoms with Gasteiger partial charge in [0.2, 0.25) is 0 Å². The summed E-state index contributed by atoms with van der Waals surface area (Å²) < 4.78 is 1.70. The topological polar surface area (TPSA) is 51.0 Å². The van der Waals surface area contributed by atoms with E-state index in [1.165, 1.54) is 12.0 Å². The third-order valence-electron chi connectivity index (χ3n) is 5.44. The summed E-state index contributed by atoms with van der Waals surface area (Å²) in [5.74, 6) is 1.44. The first-order valence-electron chi connectivity index (χ1n) is 9.29. The first kappa shape index (κ1) is 16.9. The van der Waals surface area contributed by atoms with Gasteiger partial charge in [-0.1, -0.05) is 12.1 Å². The zero-order valence-corrected chi connectivity index (χ0v) is 15.1. The second kappa shape index (κ2) is 7.38. The zero-order valence-electron chi connectivity index (χ0n) is 15.1. The van der Waals surface area contributed by atoms with Gasteiger partial charge in [0, 0.05) is 19.4 Å². The summed E-state index contributed by atoms with van der Waals surface area (Å²) in [7, 11) is 1.83. The highest BCUT2D eigenvalue weighted by molar-refractivity contribution is 5.77. The van der Waals surface area contributed by atoms with Crippen molar-refractivity contribution in [1.29, 1.82) is 0 Å². The van der Waals surface area contributed by atoms with E-state index >= 15 is 0 Å². The van der Waals surface area contributed by atoms with Crippen molar-refractivity contribution in [2.75, 3.05) is 13.1 Å². The van der Waals surface area contributed by atoms with Crippen LogP contribution in [0.25, 0.3) is 10.9 Å². The summed E-state index contributed by atoms with van der Waals surface area (Å²) in [6.45, 7) is 2.79. The monoisotopic (exact) mass is 348 g/mol. The van der Waals surface area contributed by atoms with Crippen LogP contribution in [0.15, 0.2) is 53.6 Å². The van der Waals surface area contributed by atoms with Crippen LogP contribution in [0.1, 0.15) is 36.6 Å². The van der Waals surface area contributed by atoms with Crippen LogP contribution in [0.3, 0.4) is 0 Å². The van der Waals surface area contributed by atoms with Crippen LogP contribution in [0.2, 0.25) is 0 Å². The SMILES string of the molecule is Cn1c(CN2CCCC(c3ccncc3)CC2)nc2ccccc2c1=O. The van der Waals surface area contributed by atoms with Crippen molar-refractivity contribution < 1.29 is 0 Å². The first-order chi connectivity index (χ1) is 12.7. The molecule has 1 unspecified atom stereocenters. The van der Waals surface area contributed by atoms with Crippen molar-refractivity contribution in [2.45, 2.75) is 31.7 Å². The summed E-state index contributed by atoms with van der Waals surface area (Å²) in [5, 5.41) is 0.687. The van der Waals surface area contributed by atoms with Gasteiger partial charge in [-0.15, -0.1) is 0 Å². The lowest BCUT2D eigenvalue weighted by molar-refractivity contribution is 0.265. The Morgan fingerprint density at radius 1 is 1.08 bits per heavy atom. The van der Waals surface area contributed by atoms with E-state index in [9.17, 15) is 4.79 Å². The van der Waals surface area contributed by atoms with Crippen LogP contribution < -0.4 is 5.56 Å². The molecule has 4 rings (SSSR count). The number of benzene rings is 1. The van der Waals surface area contributed by atoms with E-state index in [1.807, 2.05) is 43.7 Å². The Balaban J connectivity index is 1.52. The summed E-state index contributed by atoms with van der Waals surface area (Å²) >= 11 is 0. The molecule has 0 saturated carbocycles. The molecule has 3 aromatic rings. The maximum Gasteiger partial charge on any atom is 0.261 e. The molecule has 3 heterocycles. The van der Waals surface area contributed by atoms with Gasteiger partial charge < -0.3 is 0 Å². The number of rotatable bonds is 3. The van der Waals surface area contributed by atoms with Crippen molar-refractivity contribution in [3.05, 3.63) is 70.5 Å². The highest BCUT2D eigenvalue weighted by Gasteiger charge is 2.20. The zero-order chi connectivity index (χ0) is 17.9. The Morgan fingerprint density at radius 2 is 1.88 bits per heavy atom. The Bertz CT molecular complexity index is 951. The average molecular weight is 348 g/mol. The maximum atomic E-state index is 12.6. The lowest BCUT2D eigenvalue weighted by Gasteiger charge is -2.21. The van der Waals surface area contributed by atoms with E-state index in [-0.39, 0.29) is 5.56 Å². The van der Waals surface area contributed by atoms with Gasteiger partial charge in [-0.3, -0.25) is 19.2 Å². The van der Waals surface area contributed by atoms with Crippen molar-refractivity contribution in [3.8, 4) is 0 Å². The van der Waals surface area contributed by atoms with Gasteiger partial charge in [0.1, 0.15) is 5.82 Å². The Hall–Kier alpha value is -2.53. The van der Waals surface area contributed by atoms with E-state index in [1.54, 1.807) is 4.57 Å². The highest BCUT2D eigenvalue weighted by Crippen LogP contribution is 2.28. The molecule has 5 nitrogen and oxygen atoms in total. The fourth-order valence-corrected chi connectivity index (χ4v) is 3.89. The molecule has 0 amide bonds. The molecule has 26 heavy (non-hydrogen) atoms. The number of pyridine rings is 1. The van der Waals surface area contributed by atoms with Crippen molar-refractivity contribution in [1.82, 2.24) is 19.4 Å². The number of nitrogens with zero attached hydrogens (tertiary/aromatic N) is 4. The lowest BCUT2D eigenvalue weighted by Crippen LogP contribution is -2.30. The van der Waals surface area contributed by atoms with Crippen LogP contribution >= 0.6 is 0 Å². The second-order valence-corrected chi connectivity index (χ2v) is 7.09. The van der Waals surface area contributed by atoms with E-state index < -0.39 is 0 Å². The lowest BCUT2D eigenvalue weighted by atomic mass is 9.93. The molecule has 1 atom stereocenters. The molecule has 2 aromatic heterocycles. The minimum absolute atomic E-state index is 0.0371. The molecule has 1 aromatic carbocycles. The fourth-order valence-electron chi connectivity index (χ4n) is 3.89. The van der Waals surface area contributed by atoms with E-state index in [2.05, 4.69) is 22.0 Å². The van der Waals surface area contributed by atoms with Gasteiger partial charge in [0.05, 0.1) is 17.4 Å². The summed E-state index contributed by atoms with van der Waals surface area (Å²) in [6, 6.07) is 11.9. The fraction of sp³-hybridized carbons (Fsp3) is 0.381. The number of para-hydroxylation sites is 1. The molecule has 134 valence electrons. The quantitative estimate of drug-likeness (QED) is 0.730. The van der Waals surface area contributed by atoms with Gasteiger partial charge in [0.25, 0.3) is 5.56 Å². The Labute approximate surface area is 153 Å². The minimum Gasteiger partial charge on any atom is -0.298 e. The number of hydrogen-bond acceptors (Lipinski definition) is 4. The number of likely N-dealkylation sites (tertiary alicyclic amines) is 1. The third-order valence-corrected chi connectivity index (χ3v) is 5.44. The van der Waals surface area contributed by atoms with Gasteiger partial charge in [-0.25, -0.2) is 4.98 Å². The van der Waals surface area contributed by atoms with Crippen molar-refractivity contribution in [3.63, 3.8) is 0 Å². The van der Waals surface area contributed by atoms with Crippen LogP contribution in [0.5, 0.6) is 0 Å². The molecule has 0 radical (unpaired) electrons. The summed E-state index contributed by atoms with van der Waals surface area (Å²) in [5.41, 5.74) is 2.21. The molecule has 0 bridgehead atoms. The van der Waals surface area contributed by atoms with E-state index in [0.29, 0.717) is 11.3 Å². The predicted molar refractivity (Wildman–Crippen MR) is 103 cm³/mol. The number of hydrogen-bond donors (Lipinski definition) is 0. The van der Waals surface area contributed by atoms with Crippen LogP contribution in [0.4, 0.5) is 0 Å². The van der Waals surface area contributed by atoms with Gasteiger partial charge in [0.15, 0.2) is 0 Å². The molecule has 0 N–H and O–H groups in total. The van der Waals surface area contributed by atoms with E-state index in [0.717, 1.165) is 43.8 Å². The molecule has 1 fully saturated rings. The van der Waals surface area contributed by atoms with Crippen LogP contribution in [-0.2, 0) is 13.6 Å². The smallest absolute Gasteiger partial charge is 0.261 e. The van der Waals surface area contributed by atoms with Crippen molar-refractivity contribution in [2.24, 2.45) is 7.05 Å². The van der Waals surface area contributed by atoms with E-state index in [4.69, 9.17) is 4.98 Å². The average Bonchev–Trinajstić information content (AvgIpc) is 2.92. The normalized spacial score (nSPS) is 18.7. The Morgan fingerprint density at radius 3 is 2.73 bits per heavy atom. The number of fused-ring (bicyclic) bond motifs is 1. The third kappa shape index (κ3) is 3.40. The molecular formula is C21H24N4O. The van der Waals surface area contributed by atoms with Gasteiger partial charge in [-0.2, -0.15) is 0 Å². The highest BCUT2D eigenvalue weighted by atomic mass is 16.1. The molecule has 1 saturated heterocycles. The molecule has 0 aliphatic carbocycles. The Kier molecular flexibility index (Phi) is 4.80. The first-order valence-corrected chi connectivity index (χ1v) is 9.29. The van der Waals surface area contributed by atoms with Gasteiger partial charge in [-0.05, 0) is 68.1 Å². The summed E-state index contributed by atoms with van der Waals surface area (Å²) in [4.78, 5) is 23.9. The largest absolute Gasteiger partial charge is 0.298 e. The predicted octanol–water partition coefficient (Wildman–Crippen LogP) is 3.10. The molecule has 1 aliphatic heterocycles. The molecule has 0 spiro atoms. The molecule has 5 heteroatoms. The minimum atomic E-state index is 0.0371. The standard InChI is InChI=1S/C21H24N4O/c1-24-20(23-19-7-3-2-6-18(19)21(24)26)15-25-13-4-5-16(10-14-25)17-8-11-22-12-9-17/h2-3,6-9,11-12,16H,4-5,10,13-15H2,1H3. The van der Waals surface area contributed by atoms with Crippen molar-refractivity contribution >= 4 is 10.9 Å². The van der Waals surface area contributed by atoms with Crippen LogP contribution in [-0.4, -0.2) is 32.5 Å². The second-order valence-electron chi connectivity index (χ2n) is 7.09. The van der Waals surface area contributed by atoms with Gasteiger partial charge >= 0.3 is 0 Å². The summed E-state index contributed by atoms with van der Waals surface area (Å²) in [6.07, 6.45) is 7.25. The molecule has 1 aliphatic rings. The number of aromatic nitrogens is 3. The van der Waals surface area contributed by atoms with Crippen LogP contribution in [0, 0.1) is 0 Å². The molecular weight excluding hydrogens is 324 g/mol. The maximum absolute atomic E-state index is 12.6.